The molecule has 1 aromatic heterocycles. The summed E-state index contributed by atoms with van der Waals surface area (Å²) in [5.41, 5.74) is 4.39. The zero-order valence-electron chi connectivity index (χ0n) is 9.07. The highest BCUT2D eigenvalue weighted by molar-refractivity contribution is 5.42. The maximum absolute atomic E-state index is 8.58. The molecule has 1 amide bonds. The molecular weight excluding hydrogens is 182 g/mol. The summed E-state index contributed by atoms with van der Waals surface area (Å²) < 4.78 is 4.98. The van der Waals surface area contributed by atoms with E-state index in [4.69, 9.17) is 9.32 Å². The molecule has 0 aliphatic rings. The molecule has 0 aromatic carbocycles. The molecule has 0 aliphatic heterocycles. The number of aromatic nitrogens is 2. The number of amides is 1. The fourth-order valence-corrected chi connectivity index (χ4v) is 0.866. The number of nitrogens with two attached hydrogens (primary N) is 1. The molecule has 1 aromatic rings. The van der Waals surface area contributed by atoms with Crippen molar-refractivity contribution in [3.63, 3.8) is 0 Å². The van der Waals surface area contributed by atoms with Gasteiger partial charge in [0, 0.05) is 6.42 Å². The molecule has 0 unspecified atom stereocenters. The lowest BCUT2D eigenvalue weighted by molar-refractivity contribution is -0.106. The highest BCUT2D eigenvalue weighted by Gasteiger charge is 2.15. The van der Waals surface area contributed by atoms with Gasteiger partial charge in [0.2, 0.25) is 12.3 Å². The lowest BCUT2D eigenvalue weighted by atomic mass is 9.92. The van der Waals surface area contributed by atoms with Crippen molar-refractivity contribution in [1.29, 1.82) is 0 Å². The first kappa shape index (κ1) is 12.6. The zero-order chi connectivity index (χ0) is 11.2. The standard InChI is InChI=1S/C8H14N2O.CH3NO/c1-6-9-7(11-10-6)5-8(2,3)4;2-1-3/h5H2,1-4H3;1H,(H2,2,3). The molecule has 5 nitrogen and oxygen atoms in total. The third-order valence-electron chi connectivity index (χ3n) is 1.25. The molecule has 5 heteroatoms. The van der Waals surface area contributed by atoms with Crippen molar-refractivity contribution in [2.45, 2.75) is 34.1 Å². The van der Waals surface area contributed by atoms with E-state index in [1.165, 1.54) is 0 Å². The van der Waals surface area contributed by atoms with E-state index in [2.05, 4.69) is 36.6 Å². The van der Waals surface area contributed by atoms with Crippen LogP contribution in [0, 0.1) is 12.3 Å². The predicted octanol–water partition coefficient (Wildman–Crippen LogP) is 1.07. The van der Waals surface area contributed by atoms with Gasteiger partial charge in [0.1, 0.15) is 0 Å². The molecule has 2 N–H and O–H groups in total. The van der Waals surface area contributed by atoms with Crippen LogP contribution in [0.5, 0.6) is 0 Å². The van der Waals surface area contributed by atoms with E-state index in [-0.39, 0.29) is 11.8 Å². The summed E-state index contributed by atoms with van der Waals surface area (Å²) in [6, 6.07) is 0. The molecule has 0 bridgehead atoms. The van der Waals surface area contributed by atoms with Gasteiger partial charge in [0.05, 0.1) is 0 Å². The smallest absolute Gasteiger partial charge is 0.227 e. The van der Waals surface area contributed by atoms with Crippen molar-refractivity contribution in [2.75, 3.05) is 0 Å². The van der Waals surface area contributed by atoms with Gasteiger partial charge in [-0.2, -0.15) is 4.98 Å². The van der Waals surface area contributed by atoms with Crippen molar-refractivity contribution in [1.82, 2.24) is 10.1 Å². The average molecular weight is 199 g/mol. The average Bonchev–Trinajstić information content (AvgIpc) is 2.33. The van der Waals surface area contributed by atoms with Gasteiger partial charge >= 0.3 is 0 Å². The van der Waals surface area contributed by atoms with Crippen LogP contribution in [0.25, 0.3) is 0 Å². The van der Waals surface area contributed by atoms with Gasteiger partial charge in [-0.3, -0.25) is 4.79 Å². The van der Waals surface area contributed by atoms with Gasteiger partial charge in [-0.05, 0) is 12.3 Å². The molecule has 0 radical (unpaired) electrons. The number of carbonyl (C=O) groups is 1. The highest BCUT2D eigenvalue weighted by Crippen LogP contribution is 2.18. The minimum atomic E-state index is 0.221. The van der Waals surface area contributed by atoms with Gasteiger partial charge < -0.3 is 10.3 Å². The summed E-state index contributed by atoms with van der Waals surface area (Å²) in [5.74, 6) is 1.44. The second-order valence-corrected chi connectivity index (χ2v) is 4.11. The zero-order valence-corrected chi connectivity index (χ0v) is 9.07. The summed E-state index contributed by atoms with van der Waals surface area (Å²) in [4.78, 5) is 12.7. The van der Waals surface area contributed by atoms with Crippen molar-refractivity contribution >= 4 is 6.41 Å². The Labute approximate surface area is 83.7 Å². The molecular formula is C9H17N3O2. The normalized spacial score (nSPS) is 10.3. The van der Waals surface area contributed by atoms with Crippen LogP contribution < -0.4 is 5.73 Å². The fraction of sp³-hybridized carbons (Fsp3) is 0.667. The Morgan fingerprint density at radius 2 is 2.00 bits per heavy atom. The van der Waals surface area contributed by atoms with E-state index in [0.29, 0.717) is 5.82 Å². The van der Waals surface area contributed by atoms with E-state index in [9.17, 15) is 0 Å². The van der Waals surface area contributed by atoms with Crippen LogP contribution in [-0.2, 0) is 11.2 Å². The van der Waals surface area contributed by atoms with Crippen LogP contribution in [0.4, 0.5) is 0 Å². The number of hydrogen-bond acceptors (Lipinski definition) is 4. The highest BCUT2D eigenvalue weighted by atomic mass is 16.5. The molecule has 14 heavy (non-hydrogen) atoms. The topological polar surface area (TPSA) is 82.0 Å². The lowest BCUT2D eigenvalue weighted by Gasteiger charge is -2.13. The number of aryl methyl sites for hydroxylation is 1. The number of hydrogen-bond donors (Lipinski definition) is 1. The second-order valence-electron chi connectivity index (χ2n) is 4.11. The Morgan fingerprint density at radius 1 is 1.50 bits per heavy atom. The van der Waals surface area contributed by atoms with Gasteiger partial charge in [0.25, 0.3) is 0 Å². The molecule has 0 aliphatic carbocycles. The van der Waals surface area contributed by atoms with Crippen molar-refractivity contribution in [2.24, 2.45) is 11.1 Å². The van der Waals surface area contributed by atoms with Gasteiger partial charge in [-0.1, -0.05) is 25.9 Å². The monoisotopic (exact) mass is 199 g/mol. The fourth-order valence-electron chi connectivity index (χ4n) is 0.866. The Hall–Kier alpha value is -1.39. The summed E-state index contributed by atoms with van der Waals surface area (Å²) in [5, 5.41) is 3.71. The van der Waals surface area contributed by atoms with Crippen molar-refractivity contribution in [3.05, 3.63) is 11.7 Å². The number of carbonyl (C=O) groups excluding carboxylic acids is 1. The third-order valence-corrected chi connectivity index (χ3v) is 1.25. The lowest BCUT2D eigenvalue weighted by Crippen LogP contribution is -2.09. The number of primary amides is 1. The largest absolute Gasteiger partial charge is 0.372 e. The molecule has 80 valence electrons. The van der Waals surface area contributed by atoms with Crippen LogP contribution in [0.15, 0.2) is 4.52 Å². The first-order valence-corrected chi connectivity index (χ1v) is 4.33. The summed E-state index contributed by atoms with van der Waals surface area (Å²) >= 11 is 0. The van der Waals surface area contributed by atoms with E-state index in [0.717, 1.165) is 12.3 Å². The molecule has 0 saturated carbocycles. The molecule has 1 heterocycles. The SMILES string of the molecule is Cc1noc(CC(C)(C)C)n1.NC=O. The van der Waals surface area contributed by atoms with Gasteiger partial charge in [0.15, 0.2) is 5.82 Å². The van der Waals surface area contributed by atoms with Crippen LogP contribution in [0.1, 0.15) is 32.5 Å². The van der Waals surface area contributed by atoms with Crippen LogP contribution in [-0.4, -0.2) is 16.6 Å². The van der Waals surface area contributed by atoms with Gasteiger partial charge in [-0.15, -0.1) is 0 Å². The molecule has 0 atom stereocenters. The van der Waals surface area contributed by atoms with Gasteiger partial charge in [-0.25, -0.2) is 0 Å². The Balaban J connectivity index is 0.000000500. The Kier molecular flexibility index (Phi) is 4.83. The van der Waals surface area contributed by atoms with Crippen molar-refractivity contribution < 1.29 is 9.32 Å². The second kappa shape index (κ2) is 5.36. The minimum absolute atomic E-state index is 0.221. The van der Waals surface area contributed by atoms with Crippen LogP contribution in [0.3, 0.4) is 0 Å². The summed E-state index contributed by atoms with van der Waals surface area (Å²) in [6.45, 7) is 8.27. The van der Waals surface area contributed by atoms with E-state index in [1.54, 1.807) is 0 Å². The quantitative estimate of drug-likeness (QED) is 0.686. The van der Waals surface area contributed by atoms with E-state index < -0.39 is 0 Å². The number of rotatable bonds is 1. The van der Waals surface area contributed by atoms with Crippen LogP contribution in [0.2, 0.25) is 0 Å². The molecule has 1 rings (SSSR count). The Bertz CT molecular complexity index is 276. The molecule has 0 spiro atoms. The predicted molar refractivity (Wildman–Crippen MR) is 52.4 cm³/mol. The van der Waals surface area contributed by atoms with Crippen LogP contribution >= 0.6 is 0 Å². The van der Waals surface area contributed by atoms with E-state index >= 15 is 0 Å². The maximum atomic E-state index is 8.58. The molecule has 0 saturated heterocycles. The summed E-state index contributed by atoms with van der Waals surface area (Å²) in [6.07, 6.45) is 1.09. The number of nitrogens with zero attached hydrogens (tertiary/aromatic N) is 2. The maximum Gasteiger partial charge on any atom is 0.227 e. The minimum Gasteiger partial charge on any atom is -0.372 e. The third kappa shape index (κ3) is 6.16. The van der Waals surface area contributed by atoms with E-state index in [1.807, 2.05) is 6.92 Å². The van der Waals surface area contributed by atoms with Crippen molar-refractivity contribution in [3.8, 4) is 0 Å². The Morgan fingerprint density at radius 3 is 2.29 bits per heavy atom. The first-order valence-electron chi connectivity index (χ1n) is 4.33. The summed E-state index contributed by atoms with van der Waals surface area (Å²) in [7, 11) is 0. The molecule has 0 fully saturated rings. The first-order chi connectivity index (χ1) is 6.39.